The summed E-state index contributed by atoms with van der Waals surface area (Å²) in [5, 5.41) is 2.81. The SMILES string of the molecule is CCOC(=O)c1ccnc(N2CCNC(=O)C2(C)C)c1N. The Bertz CT molecular complexity index is 571. The lowest BCUT2D eigenvalue weighted by Gasteiger charge is -2.42. The molecule has 21 heavy (non-hydrogen) atoms. The van der Waals surface area contributed by atoms with Crippen molar-refractivity contribution in [2.24, 2.45) is 0 Å². The number of nitrogens with two attached hydrogens (primary N) is 1. The molecule has 0 aliphatic carbocycles. The molecule has 1 aliphatic heterocycles. The molecular formula is C14H20N4O3. The summed E-state index contributed by atoms with van der Waals surface area (Å²) >= 11 is 0. The van der Waals surface area contributed by atoms with Crippen LogP contribution in [0.5, 0.6) is 0 Å². The first-order valence-corrected chi connectivity index (χ1v) is 6.87. The van der Waals surface area contributed by atoms with Gasteiger partial charge in [0.2, 0.25) is 5.91 Å². The van der Waals surface area contributed by atoms with E-state index in [9.17, 15) is 9.59 Å². The summed E-state index contributed by atoms with van der Waals surface area (Å²) in [5.74, 6) is -0.158. The van der Waals surface area contributed by atoms with Crippen LogP contribution in [0.2, 0.25) is 0 Å². The molecule has 1 aliphatic rings. The number of carbonyl (C=O) groups excluding carboxylic acids is 2. The molecule has 1 saturated heterocycles. The van der Waals surface area contributed by atoms with E-state index in [1.807, 2.05) is 4.90 Å². The van der Waals surface area contributed by atoms with E-state index in [4.69, 9.17) is 10.5 Å². The van der Waals surface area contributed by atoms with Gasteiger partial charge in [-0.15, -0.1) is 0 Å². The van der Waals surface area contributed by atoms with Crippen LogP contribution in [0.15, 0.2) is 12.3 Å². The molecule has 2 rings (SSSR count). The van der Waals surface area contributed by atoms with Gasteiger partial charge in [0.1, 0.15) is 5.54 Å². The third-order valence-corrected chi connectivity index (χ3v) is 3.57. The van der Waals surface area contributed by atoms with Crippen molar-refractivity contribution in [3.05, 3.63) is 17.8 Å². The first kappa shape index (κ1) is 15.1. The van der Waals surface area contributed by atoms with Crippen molar-refractivity contribution < 1.29 is 14.3 Å². The molecule has 1 aromatic heterocycles. The van der Waals surface area contributed by atoms with Crippen LogP contribution in [0.3, 0.4) is 0 Å². The molecule has 0 bridgehead atoms. The van der Waals surface area contributed by atoms with Crippen LogP contribution in [0, 0.1) is 0 Å². The normalized spacial score (nSPS) is 17.3. The maximum absolute atomic E-state index is 12.0. The van der Waals surface area contributed by atoms with Crippen molar-refractivity contribution >= 4 is 23.4 Å². The number of nitrogens with one attached hydrogen (secondary N) is 1. The first-order valence-electron chi connectivity index (χ1n) is 6.87. The minimum Gasteiger partial charge on any atom is -0.462 e. The van der Waals surface area contributed by atoms with Crippen molar-refractivity contribution in [3.8, 4) is 0 Å². The molecule has 1 amide bonds. The molecule has 114 valence electrons. The molecule has 0 atom stereocenters. The summed E-state index contributed by atoms with van der Waals surface area (Å²) in [5.41, 5.74) is 5.79. The number of amides is 1. The topological polar surface area (TPSA) is 97.5 Å². The summed E-state index contributed by atoms with van der Waals surface area (Å²) in [7, 11) is 0. The van der Waals surface area contributed by atoms with Crippen molar-refractivity contribution in [2.45, 2.75) is 26.3 Å². The van der Waals surface area contributed by atoms with Crippen molar-refractivity contribution in [1.82, 2.24) is 10.3 Å². The van der Waals surface area contributed by atoms with Crippen LogP contribution in [-0.4, -0.2) is 42.1 Å². The van der Waals surface area contributed by atoms with E-state index >= 15 is 0 Å². The van der Waals surface area contributed by atoms with Gasteiger partial charge >= 0.3 is 5.97 Å². The molecule has 3 N–H and O–H groups in total. The predicted octanol–water partition coefficient (Wildman–Crippen LogP) is 0.555. The Hall–Kier alpha value is -2.31. The van der Waals surface area contributed by atoms with Crippen molar-refractivity contribution in [3.63, 3.8) is 0 Å². The van der Waals surface area contributed by atoms with Gasteiger partial charge in [0.25, 0.3) is 0 Å². The maximum Gasteiger partial charge on any atom is 0.340 e. The van der Waals surface area contributed by atoms with Gasteiger partial charge in [0.05, 0.1) is 17.9 Å². The summed E-state index contributed by atoms with van der Waals surface area (Å²) in [6.07, 6.45) is 1.50. The second kappa shape index (κ2) is 5.59. The Morgan fingerprint density at radius 1 is 1.57 bits per heavy atom. The van der Waals surface area contributed by atoms with Crippen molar-refractivity contribution in [2.75, 3.05) is 30.3 Å². The molecule has 0 unspecified atom stereocenters. The number of pyridine rings is 1. The van der Waals surface area contributed by atoms with Gasteiger partial charge in [0, 0.05) is 19.3 Å². The smallest absolute Gasteiger partial charge is 0.340 e. The number of ether oxygens (including phenoxy) is 1. The Kier molecular flexibility index (Phi) is 4.02. The Morgan fingerprint density at radius 3 is 2.95 bits per heavy atom. The quantitative estimate of drug-likeness (QED) is 0.790. The zero-order valence-electron chi connectivity index (χ0n) is 12.5. The summed E-state index contributed by atoms with van der Waals surface area (Å²) in [4.78, 5) is 30.0. The van der Waals surface area contributed by atoms with Crippen LogP contribution in [0.1, 0.15) is 31.1 Å². The van der Waals surface area contributed by atoms with Gasteiger partial charge in [-0.1, -0.05) is 0 Å². The zero-order chi connectivity index (χ0) is 15.6. The molecule has 2 heterocycles. The number of nitrogen functional groups attached to an aromatic ring is 1. The lowest BCUT2D eigenvalue weighted by atomic mass is 9.98. The Labute approximate surface area is 123 Å². The third-order valence-electron chi connectivity index (χ3n) is 3.57. The number of anilines is 2. The number of esters is 1. The maximum atomic E-state index is 12.0. The first-order chi connectivity index (χ1) is 9.89. The zero-order valence-corrected chi connectivity index (χ0v) is 12.5. The summed E-state index contributed by atoms with van der Waals surface area (Å²) < 4.78 is 4.98. The van der Waals surface area contributed by atoms with Crippen LogP contribution in [-0.2, 0) is 9.53 Å². The van der Waals surface area contributed by atoms with Crippen LogP contribution in [0.4, 0.5) is 11.5 Å². The Balaban J connectivity index is 2.43. The van der Waals surface area contributed by atoms with Gasteiger partial charge in [-0.05, 0) is 26.8 Å². The summed E-state index contributed by atoms with van der Waals surface area (Å²) in [6, 6.07) is 1.52. The van der Waals surface area contributed by atoms with Gasteiger partial charge in [-0.2, -0.15) is 0 Å². The molecule has 0 radical (unpaired) electrons. The van der Waals surface area contributed by atoms with Crippen LogP contribution < -0.4 is 16.0 Å². The minimum absolute atomic E-state index is 0.100. The fourth-order valence-electron chi connectivity index (χ4n) is 2.33. The molecular weight excluding hydrogens is 272 g/mol. The molecule has 1 fully saturated rings. The highest BCUT2D eigenvalue weighted by Gasteiger charge is 2.39. The van der Waals surface area contributed by atoms with E-state index in [2.05, 4.69) is 10.3 Å². The molecule has 7 heteroatoms. The van der Waals surface area contributed by atoms with Crippen LogP contribution in [0.25, 0.3) is 0 Å². The number of nitrogens with zero attached hydrogens (tertiary/aromatic N) is 2. The number of piperazine rings is 1. The highest BCUT2D eigenvalue weighted by Crippen LogP contribution is 2.31. The van der Waals surface area contributed by atoms with E-state index in [0.717, 1.165) is 0 Å². The van der Waals surface area contributed by atoms with E-state index in [1.54, 1.807) is 20.8 Å². The number of hydrogen-bond donors (Lipinski definition) is 2. The summed E-state index contributed by atoms with van der Waals surface area (Å²) in [6.45, 7) is 6.66. The standard InChI is InChI=1S/C14H20N4O3/c1-4-21-12(19)9-5-6-16-11(10(9)15)18-8-7-17-13(20)14(18,2)3/h5-6H,4,7-8,15H2,1-3H3,(H,17,20). The van der Waals surface area contributed by atoms with Gasteiger partial charge < -0.3 is 20.7 Å². The fourth-order valence-corrected chi connectivity index (χ4v) is 2.33. The number of hydrogen-bond acceptors (Lipinski definition) is 6. The number of rotatable bonds is 3. The van der Waals surface area contributed by atoms with E-state index in [-0.39, 0.29) is 23.8 Å². The van der Waals surface area contributed by atoms with Crippen molar-refractivity contribution in [1.29, 1.82) is 0 Å². The average Bonchev–Trinajstić information content (AvgIpc) is 2.43. The van der Waals surface area contributed by atoms with Gasteiger partial charge in [-0.25, -0.2) is 9.78 Å². The minimum atomic E-state index is -0.785. The number of carbonyl (C=O) groups is 2. The fraction of sp³-hybridized carbons (Fsp3) is 0.500. The third kappa shape index (κ3) is 2.63. The lowest BCUT2D eigenvalue weighted by Crippen LogP contribution is -2.62. The number of aromatic nitrogens is 1. The molecule has 1 aromatic rings. The van der Waals surface area contributed by atoms with E-state index in [0.29, 0.717) is 18.9 Å². The van der Waals surface area contributed by atoms with E-state index in [1.165, 1.54) is 12.3 Å². The predicted molar refractivity (Wildman–Crippen MR) is 79.0 cm³/mol. The Morgan fingerprint density at radius 2 is 2.29 bits per heavy atom. The molecule has 0 saturated carbocycles. The largest absolute Gasteiger partial charge is 0.462 e. The van der Waals surface area contributed by atoms with Crippen LogP contribution >= 0.6 is 0 Å². The highest BCUT2D eigenvalue weighted by molar-refractivity contribution is 5.99. The highest BCUT2D eigenvalue weighted by atomic mass is 16.5. The molecule has 0 spiro atoms. The van der Waals surface area contributed by atoms with Gasteiger partial charge in [0.15, 0.2) is 5.82 Å². The lowest BCUT2D eigenvalue weighted by molar-refractivity contribution is -0.126. The second-order valence-electron chi connectivity index (χ2n) is 5.28. The average molecular weight is 292 g/mol. The second-order valence-corrected chi connectivity index (χ2v) is 5.28. The molecule has 7 nitrogen and oxygen atoms in total. The molecule has 0 aromatic carbocycles. The van der Waals surface area contributed by atoms with Gasteiger partial charge in [-0.3, -0.25) is 4.79 Å². The monoisotopic (exact) mass is 292 g/mol. The van der Waals surface area contributed by atoms with E-state index < -0.39 is 11.5 Å².